The van der Waals surface area contributed by atoms with Crippen LogP contribution in [-0.4, -0.2) is 48.1 Å². The molecule has 1 atom stereocenters. The van der Waals surface area contributed by atoms with Crippen molar-refractivity contribution in [1.29, 1.82) is 0 Å². The number of nitrogens with zero attached hydrogens (tertiary/aromatic N) is 1. The zero-order chi connectivity index (χ0) is 15.8. The predicted octanol–water partition coefficient (Wildman–Crippen LogP) is 1.94. The van der Waals surface area contributed by atoms with Crippen molar-refractivity contribution < 1.29 is 14.6 Å². The van der Waals surface area contributed by atoms with Gasteiger partial charge in [-0.1, -0.05) is 13.8 Å². The Hall–Kier alpha value is -1.59. The van der Waals surface area contributed by atoms with Crippen LogP contribution in [0.1, 0.15) is 37.6 Å². The molecule has 0 aliphatic rings. The number of carbonyl (C=O) groups is 1. The first kappa shape index (κ1) is 17.5. The lowest BCUT2D eigenvalue weighted by Gasteiger charge is -2.28. The number of benzene rings is 1. The van der Waals surface area contributed by atoms with Gasteiger partial charge in [0.2, 0.25) is 0 Å². The second-order valence-corrected chi connectivity index (χ2v) is 4.83. The fourth-order valence-corrected chi connectivity index (χ4v) is 2.45. The highest BCUT2D eigenvalue weighted by atomic mass is 16.5. The normalized spacial score (nSPS) is 12.4. The molecule has 118 valence electrons. The standard InChI is InChI=1S/C16H26N2O3/c1-4-14(18(5-2)9-10-19)16(20)12-7-8-15(21-6-3)13(17)11-12/h7-8,11,14,19H,4-6,9-10,17H2,1-3H3. The molecule has 5 nitrogen and oxygen atoms in total. The van der Waals surface area contributed by atoms with E-state index in [9.17, 15) is 4.79 Å². The van der Waals surface area contributed by atoms with Crippen molar-refractivity contribution in [2.24, 2.45) is 0 Å². The van der Waals surface area contributed by atoms with Crippen molar-refractivity contribution in [3.63, 3.8) is 0 Å². The van der Waals surface area contributed by atoms with Crippen LogP contribution in [0.5, 0.6) is 5.75 Å². The van der Waals surface area contributed by atoms with E-state index in [1.54, 1.807) is 18.2 Å². The number of nitrogen functional groups attached to an aromatic ring is 1. The van der Waals surface area contributed by atoms with Gasteiger partial charge in [-0.05, 0) is 38.1 Å². The number of hydrogen-bond donors (Lipinski definition) is 2. The zero-order valence-corrected chi connectivity index (χ0v) is 13.1. The fourth-order valence-electron chi connectivity index (χ4n) is 2.45. The van der Waals surface area contributed by atoms with E-state index in [0.717, 1.165) is 6.54 Å². The summed E-state index contributed by atoms with van der Waals surface area (Å²) in [6.45, 7) is 7.64. The maximum atomic E-state index is 12.7. The van der Waals surface area contributed by atoms with E-state index in [4.69, 9.17) is 15.6 Å². The van der Waals surface area contributed by atoms with Gasteiger partial charge >= 0.3 is 0 Å². The van der Waals surface area contributed by atoms with E-state index in [0.29, 0.717) is 36.6 Å². The number of rotatable bonds is 9. The lowest BCUT2D eigenvalue weighted by Crippen LogP contribution is -2.42. The number of carbonyl (C=O) groups excluding carboxylic acids is 1. The van der Waals surface area contributed by atoms with Gasteiger partial charge in [-0.25, -0.2) is 0 Å². The minimum atomic E-state index is -0.237. The molecule has 0 amide bonds. The van der Waals surface area contributed by atoms with Gasteiger partial charge in [-0.15, -0.1) is 0 Å². The average molecular weight is 294 g/mol. The first-order valence-corrected chi connectivity index (χ1v) is 7.50. The van der Waals surface area contributed by atoms with Crippen LogP contribution in [0, 0.1) is 0 Å². The van der Waals surface area contributed by atoms with Gasteiger partial charge < -0.3 is 15.6 Å². The zero-order valence-electron chi connectivity index (χ0n) is 13.1. The second-order valence-electron chi connectivity index (χ2n) is 4.83. The van der Waals surface area contributed by atoms with Gasteiger partial charge in [0.15, 0.2) is 5.78 Å². The number of aliphatic hydroxyl groups is 1. The quantitative estimate of drug-likeness (QED) is 0.538. The molecule has 0 saturated carbocycles. The number of anilines is 1. The Bertz CT molecular complexity index is 463. The molecule has 3 N–H and O–H groups in total. The van der Waals surface area contributed by atoms with E-state index >= 15 is 0 Å². The SMILES string of the molecule is CCOc1ccc(C(=O)C(CC)N(CC)CCO)cc1N. The lowest BCUT2D eigenvalue weighted by atomic mass is 10.00. The maximum Gasteiger partial charge on any atom is 0.180 e. The number of ketones is 1. The van der Waals surface area contributed by atoms with Gasteiger partial charge in [0.05, 0.1) is 24.9 Å². The molecule has 5 heteroatoms. The average Bonchev–Trinajstić information content (AvgIpc) is 2.49. The van der Waals surface area contributed by atoms with Crippen LogP contribution in [0.2, 0.25) is 0 Å². The Morgan fingerprint density at radius 1 is 1.38 bits per heavy atom. The third-order valence-corrected chi connectivity index (χ3v) is 3.52. The van der Waals surface area contributed by atoms with Crippen molar-refractivity contribution >= 4 is 11.5 Å². The van der Waals surface area contributed by atoms with Crippen LogP contribution >= 0.6 is 0 Å². The van der Waals surface area contributed by atoms with Crippen molar-refractivity contribution in [3.8, 4) is 5.75 Å². The number of Topliss-reactive ketones (excluding diaryl/α,β-unsaturated/α-hetero) is 1. The molecule has 1 rings (SSSR count). The van der Waals surface area contributed by atoms with Gasteiger partial charge in [-0.2, -0.15) is 0 Å². The minimum Gasteiger partial charge on any atom is -0.492 e. The molecule has 1 aromatic rings. The van der Waals surface area contributed by atoms with Gasteiger partial charge in [0.25, 0.3) is 0 Å². The van der Waals surface area contributed by atoms with E-state index < -0.39 is 0 Å². The second kappa shape index (κ2) is 8.64. The van der Waals surface area contributed by atoms with Crippen molar-refractivity contribution in [2.75, 3.05) is 32.0 Å². The Morgan fingerprint density at radius 3 is 2.57 bits per heavy atom. The summed E-state index contributed by atoms with van der Waals surface area (Å²) in [6, 6.07) is 4.92. The van der Waals surface area contributed by atoms with Crippen molar-refractivity contribution in [2.45, 2.75) is 33.2 Å². The molecular formula is C16H26N2O3. The van der Waals surface area contributed by atoms with E-state index in [-0.39, 0.29) is 18.4 Å². The highest BCUT2D eigenvalue weighted by Crippen LogP contribution is 2.24. The third-order valence-electron chi connectivity index (χ3n) is 3.52. The summed E-state index contributed by atoms with van der Waals surface area (Å²) in [5.41, 5.74) is 6.98. The Morgan fingerprint density at radius 2 is 2.10 bits per heavy atom. The molecule has 0 fully saturated rings. The number of aliphatic hydroxyl groups excluding tert-OH is 1. The molecule has 1 aromatic carbocycles. The van der Waals surface area contributed by atoms with Crippen molar-refractivity contribution in [1.82, 2.24) is 4.90 Å². The third kappa shape index (κ3) is 4.44. The van der Waals surface area contributed by atoms with E-state index in [1.807, 2.05) is 25.7 Å². The number of ether oxygens (including phenoxy) is 1. The van der Waals surface area contributed by atoms with Crippen LogP contribution in [0.4, 0.5) is 5.69 Å². The number of nitrogens with two attached hydrogens (primary N) is 1. The largest absolute Gasteiger partial charge is 0.492 e. The summed E-state index contributed by atoms with van der Waals surface area (Å²) in [5.74, 6) is 0.632. The summed E-state index contributed by atoms with van der Waals surface area (Å²) in [5, 5.41) is 9.11. The number of hydrogen-bond acceptors (Lipinski definition) is 5. The molecule has 0 saturated heterocycles. The molecule has 0 bridgehead atoms. The molecule has 0 radical (unpaired) electrons. The first-order valence-electron chi connectivity index (χ1n) is 7.50. The van der Waals surface area contributed by atoms with Crippen LogP contribution < -0.4 is 10.5 Å². The van der Waals surface area contributed by atoms with E-state index in [1.165, 1.54) is 0 Å². The van der Waals surface area contributed by atoms with Crippen molar-refractivity contribution in [3.05, 3.63) is 23.8 Å². The topological polar surface area (TPSA) is 75.8 Å². The molecule has 0 aliphatic carbocycles. The monoisotopic (exact) mass is 294 g/mol. The molecule has 0 aliphatic heterocycles. The summed E-state index contributed by atoms with van der Waals surface area (Å²) >= 11 is 0. The molecule has 21 heavy (non-hydrogen) atoms. The maximum absolute atomic E-state index is 12.7. The Kier molecular flexibility index (Phi) is 7.19. The van der Waals surface area contributed by atoms with E-state index in [2.05, 4.69) is 0 Å². The first-order chi connectivity index (χ1) is 10.1. The molecular weight excluding hydrogens is 268 g/mol. The Labute approximate surface area is 126 Å². The summed E-state index contributed by atoms with van der Waals surface area (Å²) in [7, 11) is 0. The molecule has 0 heterocycles. The van der Waals surface area contributed by atoms with Crippen LogP contribution in [-0.2, 0) is 0 Å². The smallest absolute Gasteiger partial charge is 0.180 e. The van der Waals surface area contributed by atoms with Crippen LogP contribution in [0.3, 0.4) is 0 Å². The summed E-state index contributed by atoms with van der Waals surface area (Å²) < 4.78 is 5.39. The van der Waals surface area contributed by atoms with Crippen LogP contribution in [0.25, 0.3) is 0 Å². The number of likely N-dealkylation sites (N-methyl/N-ethyl adjacent to an activating group) is 1. The minimum absolute atomic E-state index is 0.0301. The lowest BCUT2D eigenvalue weighted by molar-refractivity contribution is 0.0787. The highest BCUT2D eigenvalue weighted by Gasteiger charge is 2.24. The summed E-state index contributed by atoms with van der Waals surface area (Å²) in [6.07, 6.45) is 0.694. The van der Waals surface area contributed by atoms with Crippen LogP contribution in [0.15, 0.2) is 18.2 Å². The summed E-state index contributed by atoms with van der Waals surface area (Å²) in [4.78, 5) is 14.6. The molecule has 1 unspecified atom stereocenters. The van der Waals surface area contributed by atoms with Gasteiger partial charge in [-0.3, -0.25) is 9.69 Å². The highest BCUT2D eigenvalue weighted by molar-refractivity contribution is 6.01. The molecule has 0 spiro atoms. The fraction of sp³-hybridized carbons (Fsp3) is 0.562. The van der Waals surface area contributed by atoms with Gasteiger partial charge in [0.1, 0.15) is 5.75 Å². The Balaban J connectivity index is 2.96. The molecule has 0 aromatic heterocycles. The predicted molar refractivity (Wildman–Crippen MR) is 84.8 cm³/mol. The van der Waals surface area contributed by atoms with Gasteiger partial charge in [0, 0.05) is 12.1 Å².